The van der Waals surface area contributed by atoms with Gasteiger partial charge in [-0.25, -0.2) is 0 Å². The van der Waals surface area contributed by atoms with Crippen molar-refractivity contribution in [3.8, 4) is 0 Å². The highest BCUT2D eigenvalue weighted by molar-refractivity contribution is 5.17. The maximum absolute atomic E-state index is 10.4. The minimum atomic E-state index is -4.00. The molecule has 0 fully saturated rings. The summed E-state index contributed by atoms with van der Waals surface area (Å²) >= 11 is 0. The summed E-state index contributed by atoms with van der Waals surface area (Å²) in [5, 5.41) is 0. The lowest BCUT2D eigenvalue weighted by Gasteiger charge is -2.01. The number of hydrogen-bond donors (Lipinski definition) is 0. The van der Waals surface area contributed by atoms with E-state index in [1.807, 2.05) is 6.07 Å². The van der Waals surface area contributed by atoms with Gasteiger partial charge >= 0.3 is 6.18 Å². The van der Waals surface area contributed by atoms with Crippen molar-refractivity contribution >= 4 is 0 Å². The van der Waals surface area contributed by atoms with Crippen molar-refractivity contribution in [3.63, 3.8) is 0 Å². The number of alkyl halides is 3. The summed E-state index contributed by atoms with van der Waals surface area (Å²) < 4.78 is 31.1. The van der Waals surface area contributed by atoms with Crippen LogP contribution < -0.4 is 0 Å². The zero-order valence-electron chi connectivity index (χ0n) is 8.60. The molecule has 0 spiro atoms. The van der Waals surface area contributed by atoms with Gasteiger partial charge in [-0.1, -0.05) is 44.2 Å². The summed E-state index contributed by atoms with van der Waals surface area (Å²) in [4.78, 5) is 0. The Labute approximate surface area is 82.8 Å². The highest BCUT2D eigenvalue weighted by atomic mass is 19.4. The largest absolute Gasteiger partial charge is 0.386 e. The topological polar surface area (TPSA) is 0 Å². The van der Waals surface area contributed by atoms with E-state index >= 15 is 0 Å². The SMILES string of the molecule is CC(C)c1ccccc1.CC(F)(F)F. The maximum atomic E-state index is 10.4. The van der Waals surface area contributed by atoms with Gasteiger partial charge in [0.2, 0.25) is 0 Å². The van der Waals surface area contributed by atoms with Gasteiger partial charge < -0.3 is 0 Å². The van der Waals surface area contributed by atoms with Crippen LogP contribution in [0.3, 0.4) is 0 Å². The molecule has 80 valence electrons. The first-order valence-corrected chi connectivity index (χ1v) is 4.42. The van der Waals surface area contributed by atoms with Gasteiger partial charge in [-0.2, -0.15) is 13.2 Å². The summed E-state index contributed by atoms with van der Waals surface area (Å²) in [5.74, 6) is 0.659. The predicted octanol–water partition coefficient (Wildman–Crippen LogP) is 4.38. The molecule has 1 aromatic rings. The van der Waals surface area contributed by atoms with Crippen molar-refractivity contribution in [3.05, 3.63) is 35.9 Å². The van der Waals surface area contributed by atoms with Crippen molar-refractivity contribution < 1.29 is 13.2 Å². The molecular formula is C11H15F3. The standard InChI is InChI=1S/C9H12.C2H3F3/c1-8(2)9-6-4-3-5-7-9;1-2(3,4)5/h3-8H,1-2H3;1H3. The van der Waals surface area contributed by atoms with Gasteiger partial charge in [0.05, 0.1) is 0 Å². The van der Waals surface area contributed by atoms with E-state index in [1.54, 1.807) is 0 Å². The third-order valence-electron chi connectivity index (χ3n) is 1.47. The summed E-state index contributed by atoms with van der Waals surface area (Å²) in [6.45, 7) is 4.59. The molecule has 0 atom stereocenters. The first-order valence-electron chi connectivity index (χ1n) is 4.42. The van der Waals surface area contributed by atoms with E-state index in [-0.39, 0.29) is 6.92 Å². The predicted molar refractivity (Wildman–Crippen MR) is 52.3 cm³/mol. The van der Waals surface area contributed by atoms with Crippen LogP contribution >= 0.6 is 0 Å². The Bertz CT molecular complexity index is 230. The molecule has 0 aliphatic heterocycles. The van der Waals surface area contributed by atoms with Crippen molar-refractivity contribution in [2.75, 3.05) is 0 Å². The highest BCUT2D eigenvalue weighted by Gasteiger charge is 2.15. The first kappa shape index (κ1) is 13.0. The van der Waals surface area contributed by atoms with Gasteiger partial charge in [-0.3, -0.25) is 0 Å². The van der Waals surface area contributed by atoms with Crippen LogP contribution in [0.15, 0.2) is 30.3 Å². The van der Waals surface area contributed by atoms with Crippen LogP contribution in [0.1, 0.15) is 32.3 Å². The molecule has 14 heavy (non-hydrogen) atoms. The van der Waals surface area contributed by atoms with Crippen LogP contribution in [0.2, 0.25) is 0 Å². The number of benzene rings is 1. The zero-order chi connectivity index (χ0) is 11.2. The third kappa shape index (κ3) is 9.10. The summed E-state index contributed by atoms with van der Waals surface area (Å²) in [6.07, 6.45) is -4.00. The highest BCUT2D eigenvalue weighted by Crippen LogP contribution is 2.11. The fourth-order valence-electron chi connectivity index (χ4n) is 0.838. The molecule has 3 heteroatoms. The van der Waals surface area contributed by atoms with Crippen molar-refractivity contribution in [2.45, 2.75) is 32.9 Å². The van der Waals surface area contributed by atoms with E-state index in [4.69, 9.17) is 0 Å². The van der Waals surface area contributed by atoms with Crippen molar-refractivity contribution in [1.29, 1.82) is 0 Å². The minimum Gasteiger partial charge on any atom is -0.172 e. The molecule has 1 rings (SSSR count). The lowest BCUT2D eigenvalue weighted by atomic mass is 10.0. The van der Waals surface area contributed by atoms with Gasteiger partial charge in [-0.15, -0.1) is 0 Å². The van der Waals surface area contributed by atoms with Gasteiger partial charge in [0.1, 0.15) is 0 Å². The quantitative estimate of drug-likeness (QED) is 0.636. The first-order chi connectivity index (χ1) is 6.30. The summed E-state index contributed by atoms with van der Waals surface area (Å²) in [5.41, 5.74) is 1.41. The minimum absolute atomic E-state index is 0.188. The molecule has 0 radical (unpaired) electrons. The van der Waals surface area contributed by atoms with E-state index in [0.717, 1.165) is 0 Å². The van der Waals surface area contributed by atoms with E-state index < -0.39 is 6.18 Å². The number of rotatable bonds is 1. The van der Waals surface area contributed by atoms with Crippen LogP contribution in [0, 0.1) is 0 Å². The Kier molecular flexibility index (Phi) is 5.28. The van der Waals surface area contributed by atoms with Gasteiger partial charge in [0.25, 0.3) is 0 Å². The molecule has 0 aliphatic rings. The monoisotopic (exact) mass is 204 g/mol. The van der Waals surface area contributed by atoms with Crippen LogP contribution in [0.5, 0.6) is 0 Å². The molecule has 0 saturated heterocycles. The molecule has 0 N–H and O–H groups in total. The average molecular weight is 204 g/mol. The van der Waals surface area contributed by atoms with Gasteiger partial charge in [0.15, 0.2) is 0 Å². The fraction of sp³-hybridized carbons (Fsp3) is 0.455. The Morgan fingerprint density at radius 3 is 1.57 bits per heavy atom. The van der Waals surface area contributed by atoms with E-state index in [1.165, 1.54) is 5.56 Å². The maximum Gasteiger partial charge on any atom is 0.386 e. The Balaban J connectivity index is 0.000000292. The van der Waals surface area contributed by atoms with E-state index in [2.05, 4.69) is 38.1 Å². The molecule has 0 saturated carbocycles. The molecule has 0 nitrogen and oxygen atoms in total. The number of hydrogen-bond acceptors (Lipinski definition) is 0. The smallest absolute Gasteiger partial charge is 0.172 e. The lowest BCUT2D eigenvalue weighted by molar-refractivity contribution is -0.110. The van der Waals surface area contributed by atoms with E-state index in [0.29, 0.717) is 5.92 Å². The van der Waals surface area contributed by atoms with Crippen LogP contribution in [-0.4, -0.2) is 6.18 Å². The average Bonchev–Trinajstić information content (AvgIpc) is 2.03. The second-order valence-corrected chi connectivity index (χ2v) is 3.35. The van der Waals surface area contributed by atoms with Crippen molar-refractivity contribution in [2.24, 2.45) is 0 Å². The normalized spacial score (nSPS) is 10.8. The molecule has 1 aromatic carbocycles. The molecule has 0 amide bonds. The zero-order valence-corrected chi connectivity index (χ0v) is 8.60. The lowest BCUT2D eigenvalue weighted by Crippen LogP contribution is -1.95. The van der Waals surface area contributed by atoms with Crippen molar-refractivity contribution in [1.82, 2.24) is 0 Å². The molecular weight excluding hydrogens is 189 g/mol. The summed E-state index contributed by atoms with van der Waals surface area (Å²) in [6, 6.07) is 10.5. The number of halogens is 3. The second-order valence-electron chi connectivity index (χ2n) is 3.35. The fourth-order valence-corrected chi connectivity index (χ4v) is 0.838. The summed E-state index contributed by atoms with van der Waals surface area (Å²) in [7, 11) is 0. The van der Waals surface area contributed by atoms with Crippen LogP contribution in [0.25, 0.3) is 0 Å². The van der Waals surface area contributed by atoms with Gasteiger partial charge in [0, 0.05) is 6.92 Å². The Hall–Kier alpha value is -0.990. The van der Waals surface area contributed by atoms with E-state index in [9.17, 15) is 13.2 Å². The Morgan fingerprint density at radius 1 is 1.00 bits per heavy atom. The van der Waals surface area contributed by atoms with Crippen LogP contribution in [0.4, 0.5) is 13.2 Å². The third-order valence-corrected chi connectivity index (χ3v) is 1.47. The molecule has 0 heterocycles. The van der Waals surface area contributed by atoms with Gasteiger partial charge in [-0.05, 0) is 11.5 Å². The molecule has 0 aliphatic carbocycles. The molecule has 0 bridgehead atoms. The Morgan fingerprint density at radius 2 is 1.36 bits per heavy atom. The molecule has 0 unspecified atom stereocenters. The second kappa shape index (κ2) is 5.68. The van der Waals surface area contributed by atoms with Crippen LogP contribution in [-0.2, 0) is 0 Å². The molecule has 0 aromatic heterocycles.